The smallest absolute Gasteiger partial charge is 0.374 e. The second-order valence-corrected chi connectivity index (χ2v) is 6.84. The number of primary amides is 1. The van der Waals surface area contributed by atoms with E-state index in [9.17, 15) is 4.79 Å². The molecule has 1 rings (SSSR count). The van der Waals surface area contributed by atoms with Crippen molar-refractivity contribution in [3.63, 3.8) is 0 Å². The van der Waals surface area contributed by atoms with Gasteiger partial charge < -0.3 is 24.0 Å². The minimum atomic E-state index is -2.58. The highest BCUT2D eigenvalue weighted by molar-refractivity contribution is 6.66. The molecule has 20 heavy (non-hydrogen) atoms. The summed E-state index contributed by atoms with van der Waals surface area (Å²) in [5.41, 5.74) is 7.54. The lowest BCUT2D eigenvalue weighted by molar-refractivity contribution is 0.139. The van der Waals surface area contributed by atoms with E-state index in [2.05, 4.69) is 10.7 Å². The molecule has 6 nitrogen and oxygen atoms in total. The van der Waals surface area contributed by atoms with E-state index < -0.39 is 14.8 Å². The maximum Gasteiger partial charge on any atom is 0.528 e. The minimum absolute atomic E-state index is 0.434. The van der Waals surface area contributed by atoms with E-state index in [4.69, 9.17) is 13.3 Å². The first-order chi connectivity index (χ1) is 9.53. The van der Waals surface area contributed by atoms with E-state index in [-0.39, 0.29) is 0 Å². The van der Waals surface area contributed by atoms with Crippen LogP contribution in [0.25, 0.3) is 6.08 Å². The lowest BCUT2D eigenvalue weighted by Crippen LogP contribution is -2.40. The third kappa shape index (κ3) is 7.21. The number of benzene rings is 1. The summed E-state index contributed by atoms with van der Waals surface area (Å²) >= 11 is 0. The number of amides is 2. The molecule has 0 aliphatic rings. The van der Waals surface area contributed by atoms with Gasteiger partial charge in [-0.05, 0) is 11.3 Å². The maximum atomic E-state index is 9.51. The van der Waals surface area contributed by atoms with Gasteiger partial charge >= 0.3 is 14.8 Å². The molecule has 0 spiro atoms. The topological polar surface area (TPSA) is 82.8 Å². The molecule has 112 valence electrons. The number of carbonyl (C=O) groups excluding carboxylic acids is 1. The number of nitrogens with one attached hydrogen (secondary N) is 1. The summed E-state index contributed by atoms with van der Waals surface area (Å²) in [5, 5.41) is 0. The summed E-state index contributed by atoms with van der Waals surface area (Å²) in [5.74, 6) is 0. The summed E-state index contributed by atoms with van der Waals surface area (Å²) in [6.45, 7) is 0. The van der Waals surface area contributed by atoms with Crippen molar-refractivity contribution in [1.82, 2.24) is 4.98 Å². The van der Waals surface area contributed by atoms with E-state index in [1.807, 2.05) is 42.1 Å². The molecule has 0 fully saturated rings. The number of carbonyl (C=O) groups is 1. The molecule has 2 amide bonds. The zero-order valence-corrected chi connectivity index (χ0v) is 15.3. The van der Waals surface area contributed by atoms with Crippen molar-refractivity contribution in [2.75, 3.05) is 21.3 Å². The first-order valence-electron chi connectivity index (χ1n) is 5.90. The molecular formula is C12H22N2O4Si2. The summed E-state index contributed by atoms with van der Waals surface area (Å²) in [6.07, 6.45) is 1.95. The van der Waals surface area contributed by atoms with Crippen molar-refractivity contribution >= 4 is 31.3 Å². The number of urea groups is 1. The van der Waals surface area contributed by atoms with E-state index in [0.29, 0.717) is 10.4 Å². The first kappa shape index (κ1) is 18.5. The number of rotatable bonds is 5. The van der Waals surface area contributed by atoms with Crippen LogP contribution in [0.2, 0.25) is 0 Å². The normalized spacial score (nSPS) is 10.9. The fraction of sp³-hybridized carbons (Fsp3) is 0.250. The van der Waals surface area contributed by atoms with E-state index >= 15 is 0 Å². The molecule has 0 atom stereocenters. The monoisotopic (exact) mass is 314 g/mol. The second kappa shape index (κ2) is 10.3. The fourth-order valence-electron chi connectivity index (χ4n) is 1.22. The molecule has 1 aromatic rings. The van der Waals surface area contributed by atoms with Gasteiger partial charge in [0.1, 0.15) is 10.4 Å². The lowest BCUT2D eigenvalue weighted by Gasteiger charge is -2.20. The Morgan fingerprint density at radius 3 is 2.00 bits per heavy atom. The SMILES string of the molecule is CO[Si](C=Cc1ccccc1)(OC)OC.NC(=O)N[SiH3]. The molecule has 1 aromatic carbocycles. The lowest BCUT2D eigenvalue weighted by atomic mass is 10.2. The molecular weight excluding hydrogens is 292 g/mol. The van der Waals surface area contributed by atoms with Crippen molar-refractivity contribution in [1.29, 1.82) is 0 Å². The Hall–Kier alpha value is -1.46. The Bertz CT molecular complexity index is 403. The summed E-state index contributed by atoms with van der Waals surface area (Å²) in [6, 6.07) is 9.53. The molecule has 0 aliphatic heterocycles. The quantitative estimate of drug-likeness (QED) is 0.753. The zero-order valence-electron chi connectivity index (χ0n) is 12.3. The van der Waals surface area contributed by atoms with Crippen molar-refractivity contribution in [3.8, 4) is 0 Å². The Morgan fingerprint density at radius 1 is 1.20 bits per heavy atom. The zero-order chi connectivity index (χ0) is 15.4. The Balaban J connectivity index is 0.000000621. The van der Waals surface area contributed by atoms with Crippen LogP contribution in [0.5, 0.6) is 0 Å². The van der Waals surface area contributed by atoms with Crippen LogP contribution < -0.4 is 10.7 Å². The van der Waals surface area contributed by atoms with Crippen LogP contribution in [0.3, 0.4) is 0 Å². The molecule has 0 radical (unpaired) electrons. The number of hydrogen-bond donors (Lipinski definition) is 2. The van der Waals surface area contributed by atoms with Crippen LogP contribution in [0.15, 0.2) is 36.0 Å². The molecule has 0 aliphatic carbocycles. The van der Waals surface area contributed by atoms with Crippen molar-refractivity contribution in [2.24, 2.45) is 5.73 Å². The molecule has 0 heterocycles. The molecule has 0 saturated heterocycles. The van der Waals surface area contributed by atoms with Gasteiger partial charge in [0, 0.05) is 21.3 Å². The third-order valence-corrected chi connectivity index (χ3v) is 5.15. The molecule has 0 saturated carbocycles. The Morgan fingerprint density at radius 2 is 1.65 bits per heavy atom. The van der Waals surface area contributed by atoms with E-state index in [1.54, 1.807) is 21.3 Å². The van der Waals surface area contributed by atoms with Crippen LogP contribution in [0, 0.1) is 0 Å². The van der Waals surface area contributed by atoms with Gasteiger partial charge in [-0.15, -0.1) is 0 Å². The predicted octanol–water partition coefficient (Wildman–Crippen LogP) is 0.0522. The largest absolute Gasteiger partial charge is 0.528 e. The van der Waals surface area contributed by atoms with Crippen LogP contribution in [-0.2, 0) is 13.3 Å². The van der Waals surface area contributed by atoms with Crippen molar-refractivity contribution in [2.45, 2.75) is 0 Å². The standard InChI is InChI=1S/C11H16O3Si.CH6N2OSi/c1-12-15(13-2,14-3)10-9-11-7-5-4-6-8-11;2-1(4)3-5/h4-10H,1-3H3;5H3,(H3,2,3,4). The van der Waals surface area contributed by atoms with Gasteiger partial charge in [0.05, 0.1) is 0 Å². The molecule has 0 aromatic heterocycles. The van der Waals surface area contributed by atoms with Crippen LogP contribution >= 0.6 is 0 Å². The summed E-state index contributed by atoms with van der Waals surface area (Å²) in [4.78, 5) is 11.8. The van der Waals surface area contributed by atoms with Gasteiger partial charge in [0.25, 0.3) is 0 Å². The molecule has 8 heteroatoms. The second-order valence-electron chi connectivity index (χ2n) is 3.57. The fourth-order valence-corrected chi connectivity index (χ4v) is 2.52. The number of hydrogen-bond acceptors (Lipinski definition) is 4. The van der Waals surface area contributed by atoms with Gasteiger partial charge in [0.2, 0.25) is 0 Å². The van der Waals surface area contributed by atoms with Crippen molar-refractivity contribution in [3.05, 3.63) is 41.6 Å². The summed E-state index contributed by atoms with van der Waals surface area (Å²) < 4.78 is 15.8. The predicted molar refractivity (Wildman–Crippen MR) is 84.9 cm³/mol. The highest BCUT2D eigenvalue weighted by atomic mass is 28.4. The number of nitrogens with two attached hydrogens (primary N) is 1. The Kier molecular flexibility index (Phi) is 9.59. The first-order valence-corrected chi connectivity index (χ1v) is 8.70. The van der Waals surface area contributed by atoms with E-state index in [0.717, 1.165) is 5.56 Å². The minimum Gasteiger partial charge on any atom is -0.374 e. The summed E-state index contributed by atoms with van der Waals surface area (Å²) in [7, 11) is 2.84. The van der Waals surface area contributed by atoms with Crippen molar-refractivity contribution < 1.29 is 18.1 Å². The Labute approximate surface area is 123 Å². The van der Waals surface area contributed by atoms with Gasteiger partial charge in [-0.1, -0.05) is 36.4 Å². The highest BCUT2D eigenvalue weighted by Crippen LogP contribution is 2.10. The molecule has 0 bridgehead atoms. The van der Waals surface area contributed by atoms with Gasteiger partial charge in [-0.3, -0.25) is 4.79 Å². The molecule has 3 N–H and O–H groups in total. The molecule has 0 unspecified atom stereocenters. The average molecular weight is 314 g/mol. The third-order valence-electron chi connectivity index (χ3n) is 2.38. The van der Waals surface area contributed by atoms with Gasteiger partial charge in [0.15, 0.2) is 0 Å². The highest BCUT2D eigenvalue weighted by Gasteiger charge is 2.34. The van der Waals surface area contributed by atoms with Crippen LogP contribution in [0.1, 0.15) is 5.56 Å². The average Bonchev–Trinajstić information content (AvgIpc) is 2.51. The van der Waals surface area contributed by atoms with E-state index in [1.165, 1.54) is 0 Å². The van der Waals surface area contributed by atoms with Gasteiger partial charge in [-0.25, -0.2) is 0 Å². The maximum absolute atomic E-state index is 9.51. The van der Waals surface area contributed by atoms with Gasteiger partial charge in [-0.2, -0.15) is 0 Å². The van der Waals surface area contributed by atoms with Crippen LogP contribution in [0.4, 0.5) is 4.79 Å². The van der Waals surface area contributed by atoms with Crippen LogP contribution in [-0.4, -0.2) is 46.6 Å².